The van der Waals surface area contributed by atoms with Crippen molar-refractivity contribution in [1.29, 1.82) is 0 Å². The number of anilines is 1. The van der Waals surface area contributed by atoms with Gasteiger partial charge in [-0.05, 0) is 30.3 Å². The number of nitrogens with one attached hydrogen (secondary N) is 3. The van der Waals surface area contributed by atoms with Crippen LogP contribution in [0.2, 0.25) is 0 Å². The summed E-state index contributed by atoms with van der Waals surface area (Å²) < 4.78 is 1.70. The first kappa shape index (κ1) is 17.7. The van der Waals surface area contributed by atoms with Gasteiger partial charge in [0.05, 0.1) is 22.3 Å². The molecule has 0 aliphatic rings. The second kappa shape index (κ2) is 7.21. The summed E-state index contributed by atoms with van der Waals surface area (Å²) in [5.41, 5.74) is 4.35. The highest BCUT2D eigenvalue weighted by Crippen LogP contribution is 2.25. The highest BCUT2D eigenvalue weighted by molar-refractivity contribution is 6.08. The minimum atomic E-state index is -0.288. The predicted octanol–water partition coefficient (Wildman–Crippen LogP) is 3.96. The lowest BCUT2D eigenvalue weighted by atomic mass is 10.1. The van der Waals surface area contributed by atoms with Crippen molar-refractivity contribution in [2.45, 2.75) is 0 Å². The summed E-state index contributed by atoms with van der Waals surface area (Å²) in [5, 5.41) is 7.58. The second-order valence-corrected chi connectivity index (χ2v) is 6.83. The Hall–Kier alpha value is -4.39. The number of carbonyl (C=O) groups is 1. The summed E-state index contributed by atoms with van der Waals surface area (Å²) in [6, 6.07) is 24.4. The van der Waals surface area contributed by atoms with Crippen molar-refractivity contribution in [2.24, 2.45) is 0 Å². The summed E-state index contributed by atoms with van der Waals surface area (Å²) in [7, 11) is 0. The molecule has 5 rings (SSSR count). The van der Waals surface area contributed by atoms with Crippen molar-refractivity contribution < 1.29 is 4.79 Å². The van der Waals surface area contributed by atoms with Gasteiger partial charge in [0.15, 0.2) is 0 Å². The lowest BCUT2D eigenvalue weighted by Gasteiger charge is -2.05. The number of rotatable bonds is 4. The smallest absolute Gasteiger partial charge is 0.322 e. The molecule has 0 aliphatic heterocycles. The van der Waals surface area contributed by atoms with Crippen molar-refractivity contribution in [1.82, 2.24) is 19.7 Å². The van der Waals surface area contributed by atoms with Gasteiger partial charge in [0.2, 0.25) is 0 Å². The van der Waals surface area contributed by atoms with Gasteiger partial charge in [-0.3, -0.25) is 4.79 Å². The first-order chi connectivity index (χ1) is 14.7. The molecule has 7 heteroatoms. The molecule has 0 saturated heterocycles. The zero-order valence-electron chi connectivity index (χ0n) is 15.8. The van der Waals surface area contributed by atoms with Gasteiger partial charge in [-0.1, -0.05) is 48.5 Å². The Bertz CT molecular complexity index is 1400. The molecule has 3 N–H and O–H groups in total. The van der Waals surface area contributed by atoms with Gasteiger partial charge in [-0.15, -0.1) is 0 Å². The van der Waals surface area contributed by atoms with Crippen LogP contribution in [-0.4, -0.2) is 25.7 Å². The summed E-state index contributed by atoms with van der Waals surface area (Å²) >= 11 is 0. The van der Waals surface area contributed by atoms with Crippen molar-refractivity contribution in [3.63, 3.8) is 0 Å². The number of para-hydroxylation sites is 1. The Kier molecular flexibility index (Phi) is 4.25. The molecule has 0 radical (unpaired) electrons. The number of carbonyl (C=O) groups excluding carboxylic acids is 1. The first-order valence-corrected chi connectivity index (χ1v) is 9.41. The standard InChI is InChI=1S/C23H17N5O2/c29-22(24-16-11-12-19-20(13-16)26-23(30)25-19)18-14-28(17-9-5-2-6-10-17)27-21(18)15-7-3-1-4-8-15/h1-14H,(H,24,29)(H2,25,26,30). The molecule has 0 atom stereocenters. The minimum Gasteiger partial charge on any atom is -0.322 e. The fraction of sp³-hybridized carbons (Fsp3) is 0. The number of aromatic amines is 2. The van der Waals surface area contributed by atoms with Crippen LogP contribution in [0, 0.1) is 0 Å². The van der Waals surface area contributed by atoms with E-state index in [1.165, 1.54) is 0 Å². The largest absolute Gasteiger partial charge is 0.323 e. The lowest BCUT2D eigenvalue weighted by Crippen LogP contribution is -2.12. The van der Waals surface area contributed by atoms with E-state index in [4.69, 9.17) is 0 Å². The summed E-state index contributed by atoms with van der Waals surface area (Å²) in [6.07, 6.45) is 1.73. The third kappa shape index (κ3) is 3.29. The number of amides is 1. The Morgan fingerprint density at radius 3 is 2.33 bits per heavy atom. The highest BCUT2D eigenvalue weighted by Gasteiger charge is 2.19. The Morgan fingerprint density at radius 1 is 0.867 bits per heavy atom. The molecule has 2 aromatic heterocycles. The molecule has 30 heavy (non-hydrogen) atoms. The van der Waals surface area contributed by atoms with E-state index in [0.29, 0.717) is 28.0 Å². The molecule has 0 spiro atoms. The fourth-order valence-corrected chi connectivity index (χ4v) is 3.37. The molecular formula is C23H17N5O2. The summed E-state index contributed by atoms with van der Waals surface area (Å²) in [5.74, 6) is -0.284. The number of imidazole rings is 1. The molecule has 146 valence electrons. The lowest BCUT2D eigenvalue weighted by molar-refractivity contribution is 0.102. The fourth-order valence-electron chi connectivity index (χ4n) is 3.37. The topological polar surface area (TPSA) is 95.6 Å². The van der Waals surface area contributed by atoms with Crippen LogP contribution in [0.4, 0.5) is 5.69 Å². The van der Waals surface area contributed by atoms with E-state index in [1.54, 1.807) is 29.1 Å². The van der Waals surface area contributed by atoms with E-state index < -0.39 is 0 Å². The van der Waals surface area contributed by atoms with Crippen LogP contribution in [0.25, 0.3) is 28.0 Å². The predicted molar refractivity (Wildman–Crippen MR) is 116 cm³/mol. The molecule has 0 bridgehead atoms. The van der Waals surface area contributed by atoms with Crippen LogP contribution >= 0.6 is 0 Å². The van der Waals surface area contributed by atoms with E-state index in [0.717, 1.165) is 11.3 Å². The van der Waals surface area contributed by atoms with Crippen molar-refractivity contribution >= 4 is 22.6 Å². The number of hydrogen-bond donors (Lipinski definition) is 3. The highest BCUT2D eigenvalue weighted by atomic mass is 16.2. The molecule has 5 aromatic rings. The molecule has 7 nitrogen and oxygen atoms in total. The number of benzene rings is 3. The van der Waals surface area contributed by atoms with Gasteiger partial charge in [0.25, 0.3) is 5.91 Å². The third-order valence-electron chi connectivity index (χ3n) is 4.80. The Labute approximate surface area is 171 Å². The van der Waals surface area contributed by atoms with E-state index >= 15 is 0 Å². The van der Waals surface area contributed by atoms with Crippen LogP contribution < -0.4 is 11.0 Å². The van der Waals surface area contributed by atoms with E-state index in [-0.39, 0.29) is 11.6 Å². The van der Waals surface area contributed by atoms with Crippen molar-refractivity contribution in [2.75, 3.05) is 5.32 Å². The van der Waals surface area contributed by atoms with Gasteiger partial charge in [0.1, 0.15) is 5.69 Å². The maximum absolute atomic E-state index is 13.1. The second-order valence-electron chi connectivity index (χ2n) is 6.83. The monoisotopic (exact) mass is 395 g/mol. The van der Waals surface area contributed by atoms with Crippen LogP contribution in [0.1, 0.15) is 10.4 Å². The Balaban J connectivity index is 1.55. The number of fused-ring (bicyclic) bond motifs is 1. The maximum Gasteiger partial charge on any atom is 0.323 e. The van der Waals surface area contributed by atoms with E-state index in [9.17, 15) is 9.59 Å². The van der Waals surface area contributed by atoms with Crippen LogP contribution in [0.3, 0.4) is 0 Å². The normalized spacial score (nSPS) is 10.9. The minimum absolute atomic E-state index is 0.284. The average Bonchev–Trinajstić information content (AvgIpc) is 3.38. The van der Waals surface area contributed by atoms with Gasteiger partial charge in [0, 0.05) is 17.4 Å². The molecule has 1 amide bonds. The maximum atomic E-state index is 13.1. The number of nitrogens with zero attached hydrogens (tertiary/aromatic N) is 2. The first-order valence-electron chi connectivity index (χ1n) is 9.41. The van der Waals surface area contributed by atoms with Crippen LogP contribution in [0.5, 0.6) is 0 Å². The molecule has 3 aromatic carbocycles. The molecule has 0 unspecified atom stereocenters. The SMILES string of the molecule is O=C(Nc1ccc2[nH]c(=O)[nH]c2c1)c1cn(-c2ccccc2)nc1-c1ccccc1. The number of hydrogen-bond acceptors (Lipinski definition) is 3. The Morgan fingerprint density at radius 2 is 1.57 bits per heavy atom. The van der Waals surface area contributed by atoms with Crippen LogP contribution in [-0.2, 0) is 0 Å². The van der Waals surface area contributed by atoms with Gasteiger partial charge < -0.3 is 15.3 Å². The molecule has 0 saturated carbocycles. The van der Waals surface area contributed by atoms with Gasteiger partial charge in [-0.2, -0.15) is 5.10 Å². The zero-order valence-corrected chi connectivity index (χ0v) is 15.8. The molecule has 2 heterocycles. The van der Waals surface area contributed by atoms with E-state index in [1.807, 2.05) is 60.7 Å². The van der Waals surface area contributed by atoms with Crippen molar-refractivity contribution in [3.8, 4) is 16.9 Å². The summed E-state index contributed by atoms with van der Waals surface area (Å²) in [6.45, 7) is 0. The molecular weight excluding hydrogens is 378 g/mol. The van der Waals surface area contributed by atoms with Crippen molar-refractivity contribution in [3.05, 3.63) is 101 Å². The van der Waals surface area contributed by atoms with Crippen LogP contribution in [0.15, 0.2) is 89.9 Å². The molecule has 0 aliphatic carbocycles. The quantitative estimate of drug-likeness (QED) is 0.430. The molecule has 0 fully saturated rings. The third-order valence-corrected chi connectivity index (χ3v) is 4.80. The average molecular weight is 395 g/mol. The van der Waals surface area contributed by atoms with Gasteiger partial charge >= 0.3 is 5.69 Å². The van der Waals surface area contributed by atoms with E-state index in [2.05, 4.69) is 20.4 Å². The number of aromatic nitrogens is 4. The van der Waals surface area contributed by atoms with Gasteiger partial charge in [-0.25, -0.2) is 9.48 Å². The number of H-pyrrole nitrogens is 2. The summed E-state index contributed by atoms with van der Waals surface area (Å²) in [4.78, 5) is 30.0. The zero-order chi connectivity index (χ0) is 20.5.